The predicted molar refractivity (Wildman–Crippen MR) is 78.7 cm³/mol. The van der Waals surface area contributed by atoms with Crippen LogP contribution < -0.4 is 5.32 Å². The number of aromatic nitrogens is 2. The quantitative estimate of drug-likeness (QED) is 0.665. The van der Waals surface area contributed by atoms with E-state index in [9.17, 15) is 18.0 Å². The number of rotatable bonds is 5. The maximum Gasteiger partial charge on any atom is 0.433 e. The summed E-state index contributed by atoms with van der Waals surface area (Å²) in [5.74, 6) is -0.172. The van der Waals surface area contributed by atoms with Crippen molar-refractivity contribution in [2.45, 2.75) is 31.2 Å². The molecule has 0 aliphatic rings. The zero-order chi connectivity index (χ0) is 17.0. The van der Waals surface area contributed by atoms with Crippen LogP contribution in [-0.2, 0) is 11.0 Å². The summed E-state index contributed by atoms with van der Waals surface area (Å²) in [6, 6.07) is 3.82. The molecule has 0 saturated carbocycles. The summed E-state index contributed by atoms with van der Waals surface area (Å²) in [5.41, 5.74) is -1.06. The number of nitrogens with zero attached hydrogens (tertiary/aromatic N) is 2. The Morgan fingerprint density at radius 2 is 2.13 bits per heavy atom. The van der Waals surface area contributed by atoms with Crippen LogP contribution in [0.3, 0.4) is 0 Å². The van der Waals surface area contributed by atoms with Crippen LogP contribution in [0.2, 0.25) is 0 Å². The first kappa shape index (κ1) is 17.3. The number of halogens is 3. The summed E-state index contributed by atoms with van der Waals surface area (Å²) in [5, 5.41) is 2.51. The Labute approximate surface area is 134 Å². The number of furan rings is 1. The number of hydrogen-bond acceptors (Lipinski definition) is 5. The first-order chi connectivity index (χ1) is 10.8. The van der Waals surface area contributed by atoms with Crippen LogP contribution in [0.1, 0.15) is 19.5 Å². The van der Waals surface area contributed by atoms with Crippen molar-refractivity contribution in [2.24, 2.45) is 0 Å². The van der Waals surface area contributed by atoms with E-state index in [0.717, 1.165) is 17.8 Å². The SMILES string of the molecule is CC(C)NC(=O)CSc1nc(-c2ccco2)cc(C(F)(F)F)n1. The van der Waals surface area contributed by atoms with Crippen molar-refractivity contribution >= 4 is 17.7 Å². The molecule has 0 aliphatic carbocycles. The van der Waals surface area contributed by atoms with Gasteiger partial charge in [0.05, 0.1) is 12.0 Å². The smallest absolute Gasteiger partial charge is 0.433 e. The van der Waals surface area contributed by atoms with E-state index in [2.05, 4.69) is 15.3 Å². The molecule has 0 radical (unpaired) electrons. The second-order valence-electron chi connectivity index (χ2n) is 4.91. The summed E-state index contributed by atoms with van der Waals surface area (Å²) >= 11 is 0.836. The Morgan fingerprint density at radius 3 is 2.70 bits per heavy atom. The minimum Gasteiger partial charge on any atom is -0.463 e. The van der Waals surface area contributed by atoms with Gasteiger partial charge in [0, 0.05) is 6.04 Å². The molecule has 2 aromatic heterocycles. The van der Waals surface area contributed by atoms with Crippen molar-refractivity contribution < 1.29 is 22.4 Å². The Morgan fingerprint density at radius 1 is 1.39 bits per heavy atom. The zero-order valence-corrected chi connectivity index (χ0v) is 13.2. The molecule has 2 aromatic rings. The highest BCUT2D eigenvalue weighted by molar-refractivity contribution is 7.99. The van der Waals surface area contributed by atoms with Gasteiger partial charge < -0.3 is 9.73 Å². The van der Waals surface area contributed by atoms with Crippen LogP contribution in [-0.4, -0.2) is 27.7 Å². The van der Waals surface area contributed by atoms with Gasteiger partial charge in [-0.05, 0) is 32.0 Å². The van der Waals surface area contributed by atoms with Crippen LogP contribution in [0.15, 0.2) is 34.0 Å². The van der Waals surface area contributed by atoms with E-state index >= 15 is 0 Å². The molecular weight excluding hydrogens is 331 g/mol. The minimum absolute atomic E-state index is 0.0177. The van der Waals surface area contributed by atoms with Gasteiger partial charge in [-0.25, -0.2) is 9.97 Å². The lowest BCUT2D eigenvalue weighted by Gasteiger charge is -2.10. The van der Waals surface area contributed by atoms with Crippen molar-refractivity contribution in [1.82, 2.24) is 15.3 Å². The molecule has 0 atom stereocenters. The van der Waals surface area contributed by atoms with E-state index in [1.165, 1.54) is 12.3 Å². The van der Waals surface area contributed by atoms with Crippen LogP contribution in [0, 0.1) is 0 Å². The number of carbonyl (C=O) groups is 1. The first-order valence-electron chi connectivity index (χ1n) is 6.68. The number of thioether (sulfide) groups is 1. The van der Waals surface area contributed by atoms with Gasteiger partial charge in [-0.1, -0.05) is 11.8 Å². The van der Waals surface area contributed by atoms with Crippen LogP contribution >= 0.6 is 11.8 Å². The molecule has 5 nitrogen and oxygen atoms in total. The molecule has 124 valence electrons. The zero-order valence-electron chi connectivity index (χ0n) is 12.3. The highest BCUT2D eigenvalue weighted by Gasteiger charge is 2.34. The van der Waals surface area contributed by atoms with Gasteiger partial charge in [-0.2, -0.15) is 13.2 Å². The fourth-order valence-corrected chi connectivity index (χ4v) is 2.35. The topological polar surface area (TPSA) is 68.0 Å². The summed E-state index contributed by atoms with van der Waals surface area (Å²) in [6.45, 7) is 3.58. The van der Waals surface area contributed by atoms with E-state index < -0.39 is 11.9 Å². The third kappa shape index (κ3) is 4.98. The fourth-order valence-electron chi connectivity index (χ4n) is 1.68. The van der Waals surface area contributed by atoms with E-state index in [1.54, 1.807) is 19.9 Å². The highest BCUT2D eigenvalue weighted by atomic mass is 32.2. The third-order valence-corrected chi connectivity index (χ3v) is 3.40. The van der Waals surface area contributed by atoms with Gasteiger partial charge in [-0.15, -0.1) is 0 Å². The molecule has 2 rings (SSSR count). The maximum atomic E-state index is 13.0. The number of hydrogen-bond donors (Lipinski definition) is 1. The van der Waals surface area contributed by atoms with Gasteiger partial charge >= 0.3 is 6.18 Å². The second kappa shape index (κ2) is 7.03. The van der Waals surface area contributed by atoms with Crippen molar-refractivity contribution in [3.63, 3.8) is 0 Å². The summed E-state index contributed by atoms with van der Waals surface area (Å²) in [7, 11) is 0. The van der Waals surface area contributed by atoms with Gasteiger partial charge in [0.25, 0.3) is 0 Å². The lowest BCUT2D eigenvalue weighted by atomic mass is 10.2. The summed E-state index contributed by atoms with van der Waals surface area (Å²) in [6.07, 6.45) is -3.27. The number of carbonyl (C=O) groups excluding carboxylic acids is 1. The molecular formula is C14H14F3N3O2S. The molecule has 23 heavy (non-hydrogen) atoms. The molecule has 0 aliphatic heterocycles. The van der Waals surface area contributed by atoms with Crippen molar-refractivity contribution in [1.29, 1.82) is 0 Å². The van der Waals surface area contributed by atoms with Gasteiger partial charge in [0.1, 0.15) is 11.4 Å². The second-order valence-corrected chi connectivity index (χ2v) is 5.85. The van der Waals surface area contributed by atoms with Gasteiger partial charge in [-0.3, -0.25) is 4.79 Å². The Balaban J connectivity index is 2.25. The number of amides is 1. The average molecular weight is 345 g/mol. The molecule has 0 bridgehead atoms. The fraction of sp³-hybridized carbons (Fsp3) is 0.357. The molecule has 0 unspecified atom stereocenters. The average Bonchev–Trinajstić information content (AvgIpc) is 2.97. The van der Waals surface area contributed by atoms with E-state index in [-0.39, 0.29) is 34.3 Å². The molecule has 1 amide bonds. The van der Waals surface area contributed by atoms with E-state index in [4.69, 9.17) is 4.42 Å². The van der Waals surface area contributed by atoms with Crippen molar-refractivity contribution in [3.05, 3.63) is 30.2 Å². The first-order valence-corrected chi connectivity index (χ1v) is 7.66. The summed E-state index contributed by atoms with van der Waals surface area (Å²) < 4.78 is 43.9. The highest BCUT2D eigenvalue weighted by Crippen LogP contribution is 2.32. The minimum atomic E-state index is -4.61. The molecule has 9 heteroatoms. The predicted octanol–water partition coefficient (Wildman–Crippen LogP) is 3.37. The van der Waals surface area contributed by atoms with Crippen molar-refractivity contribution in [3.8, 4) is 11.5 Å². The van der Waals surface area contributed by atoms with Crippen molar-refractivity contribution in [2.75, 3.05) is 5.75 Å². The van der Waals surface area contributed by atoms with Gasteiger partial charge in [0.2, 0.25) is 5.91 Å². The standard InChI is InChI=1S/C14H14F3N3O2S/c1-8(2)18-12(21)7-23-13-19-9(10-4-3-5-22-10)6-11(20-13)14(15,16)17/h3-6,8H,7H2,1-2H3,(H,18,21). The lowest BCUT2D eigenvalue weighted by Crippen LogP contribution is -2.31. The Kier molecular flexibility index (Phi) is 5.30. The van der Waals surface area contributed by atoms with Gasteiger partial charge in [0.15, 0.2) is 10.9 Å². The third-order valence-electron chi connectivity index (χ3n) is 2.55. The van der Waals surface area contributed by atoms with Crippen LogP contribution in [0.4, 0.5) is 13.2 Å². The van der Waals surface area contributed by atoms with E-state index in [0.29, 0.717) is 0 Å². The molecule has 0 saturated heterocycles. The number of alkyl halides is 3. The van der Waals surface area contributed by atoms with E-state index in [1.807, 2.05) is 0 Å². The monoisotopic (exact) mass is 345 g/mol. The molecule has 2 heterocycles. The lowest BCUT2D eigenvalue weighted by molar-refractivity contribution is -0.141. The molecule has 0 aromatic carbocycles. The Hall–Kier alpha value is -2.03. The summed E-state index contributed by atoms with van der Waals surface area (Å²) in [4.78, 5) is 19.1. The number of nitrogens with one attached hydrogen (secondary N) is 1. The Bertz CT molecular complexity index is 672. The maximum absolute atomic E-state index is 13.0. The normalized spacial score (nSPS) is 11.7. The largest absolute Gasteiger partial charge is 0.463 e. The van der Waals surface area contributed by atoms with Crippen LogP contribution in [0.25, 0.3) is 11.5 Å². The molecule has 0 fully saturated rings. The molecule has 0 spiro atoms. The molecule has 1 N–H and O–H groups in total. The van der Waals surface area contributed by atoms with Crippen LogP contribution in [0.5, 0.6) is 0 Å².